The Bertz CT molecular complexity index is 219. The monoisotopic (exact) mass is 180 g/mol. The van der Waals surface area contributed by atoms with E-state index in [1.807, 2.05) is 6.92 Å². The quantitative estimate of drug-likeness (QED) is 0.620. The first-order valence-corrected chi connectivity index (χ1v) is 4.80. The van der Waals surface area contributed by atoms with Gasteiger partial charge in [0.1, 0.15) is 5.60 Å². The molecule has 2 nitrogen and oxygen atoms in total. The Hall–Kier alpha value is -0.810. The molecule has 1 atom stereocenters. The molecule has 1 rings (SSSR count). The van der Waals surface area contributed by atoms with Gasteiger partial charge in [-0.15, -0.1) is 12.3 Å². The Labute approximate surface area is 79.7 Å². The molecule has 72 valence electrons. The van der Waals surface area contributed by atoms with Gasteiger partial charge in [0.05, 0.1) is 0 Å². The van der Waals surface area contributed by atoms with Gasteiger partial charge in [0.2, 0.25) is 0 Å². The second-order valence-corrected chi connectivity index (χ2v) is 3.66. The van der Waals surface area contributed by atoms with E-state index < -0.39 is 5.60 Å². The van der Waals surface area contributed by atoms with Crippen molar-refractivity contribution in [3.05, 3.63) is 0 Å². The van der Waals surface area contributed by atoms with E-state index in [4.69, 9.17) is 11.2 Å². The van der Waals surface area contributed by atoms with Gasteiger partial charge in [-0.2, -0.15) is 0 Å². The first-order chi connectivity index (χ1) is 6.19. The maximum absolute atomic E-state index is 11.7. The van der Waals surface area contributed by atoms with Gasteiger partial charge in [-0.05, 0) is 26.2 Å². The van der Waals surface area contributed by atoms with E-state index in [1.54, 1.807) is 0 Å². The molecule has 0 N–H and O–H groups in total. The van der Waals surface area contributed by atoms with E-state index in [1.165, 1.54) is 0 Å². The summed E-state index contributed by atoms with van der Waals surface area (Å²) in [6.07, 6.45) is 9.08. The van der Waals surface area contributed by atoms with Crippen molar-refractivity contribution in [2.24, 2.45) is 0 Å². The summed E-state index contributed by atoms with van der Waals surface area (Å²) in [6, 6.07) is 0. The molecule has 2 heteroatoms. The Morgan fingerprint density at radius 2 is 2.38 bits per heavy atom. The molecule has 0 spiro atoms. The van der Waals surface area contributed by atoms with E-state index in [-0.39, 0.29) is 5.78 Å². The third-order valence-electron chi connectivity index (χ3n) is 2.56. The van der Waals surface area contributed by atoms with Crippen molar-refractivity contribution >= 4 is 5.78 Å². The zero-order chi connectivity index (χ0) is 9.73. The summed E-state index contributed by atoms with van der Waals surface area (Å²) in [5.41, 5.74) is -0.547. The molecule has 1 aliphatic rings. The van der Waals surface area contributed by atoms with Crippen molar-refractivity contribution in [1.29, 1.82) is 0 Å². The second-order valence-electron chi connectivity index (χ2n) is 3.66. The van der Waals surface area contributed by atoms with Gasteiger partial charge in [0, 0.05) is 19.4 Å². The van der Waals surface area contributed by atoms with E-state index in [0.717, 1.165) is 19.3 Å². The molecular weight excluding hydrogens is 164 g/mol. The van der Waals surface area contributed by atoms with Crippen LogP contribution in [0.4, 0.5) is 0 Å². The predicted molar refractivity (Wildman–Crippen MR) is 51.3 cm³/mol. The Kier molecular flexibility index (Phi) is 3.50. The summed E-state index contributed by atoms with van der Waals surface area (Å²) in [5, 5.41) is 0. The molecule has 13 heavy (non-hydrogen) atoms. The zero-order valence-electron chi connectivity index (χ0n) is 8.14. The van der Waals surface area contributed by atoms with Gasteiger partial charge >= 0.3 is 0 Å². The molecule has 0 aromatic rings. The minimum absolute atomic E-state index is 0.158. The molecule has 0 amide bonds. The third-order valence-corrected chi connectivity index (χ3v) is 2.56. The first-order valence-electron chi connectivity index (χ1n) is 4.80. The van der Waals surface area contributed by atoms with Crippen molar-refractivity contribution in [1.82, 2.24) is 0 Å². The molecule has 1 unspecified atom stereocenters. The van der Waals surface area contributed by atoms with Crippen LogP contribution in [0.5, 0.6) is 0 Å². The summed E-state index contributed by atoms with van der Waals surface area (Å²) < 4.78 is 5.51. The minimum Gasteiger partial charge on any atom is -0.368 e. The lowest BCUT2D eigenvalue weighted by Crippen LogP contribution is -2.41. The fourth-order valence-corrected chi connectivity index (χ4v) is 1.60. The van der Waals surface area contributed by atoms with Crippen LogP contribution in [0.2, 0.25) is 0 Å². The molecular formula is C11H16O2. The van der Waals surface area contributed by atoms with Gasteiger partial charge in [-0.25, -0.2) is 0 Å². The molecule has 1 aliphatic heterocycles. The average Bonchev–Trinajstić information content (AvgIpc) is 2.15. The van der Waals surface area contributed by atoms with E-state index in [9.17, 15) is 4.79 Å². The van der Waals surface area contributed by atoms with E-state index in [2.05, 4.69) is 5.92 Å². The lowest BCUT2D eigenvalue weighted by Gasteiger charge is -2.32. The van der Waals surface area contributed by atoms with Crippen LogP contribution in [0.15, 0.2) is 0 Å². The summed E-state index contributed by atoms with van der Waals surface area (Å²) in [7, 11) is 0. The lowest BCUT2D eigenvalue weighted by molar-refractivity contribution is -0.147. The number of ketones is 1. The number of carbonyl (C=O) groups is 1. The lowest BCUT2D eigenvalue weighted by atomic mass is 9.89. The molecule has 1 fully saturated rings. The highest BCUT2D eigenvalue weighted by molar-refractivity contribution is 5.87. The maximum Gasteiger partial charge on any atom is 0.165 e. The number of ether oxygens (including phenoxy) is 1. The molecule has 0 saturated carbocycles. The Balaban J connectivity index is 2.47. The third kappa shape index (κ3) is 2.57. The number of rotatable bonds is 3. The fraction of sp³-hybridized carbons (Fsp3) is 0.727. The average molecular weight is 180 g/mol. The molecule has 0 aromatic carbocycles. The van der Waals surface area contributed by atoms with E-state index in [0.29, 0.717) is 19.4 Å². The Morgan fingerprint density at radius 3 is 2.92 bits per heavy atom. The van der Waals surface area contributed by atoms with Crippen LogP contribution in [0.25, 0.3) is 0 Å². The van der Waals surface area contributed by atoms with Crippen molar-refractivity contribution in [2.45, 2.75) is 44.6 Å². The van der Waals surface area contributed by atoms with Crippen molar-refractivity contribution in [3.63, 3.8) is 0 Å². The van der Waals surface area contributed by atoms with Gasteiger partial charge in [-0.3, -0.25) is 4.79 Å². The fourth-order valence-electron chi connectivity index (χ4n) is 1.60. The van der Waals surface area contributed by atoms with Crippen molar-refractivity contribution < 1.29 is 9.53 Å². The maximum atomic E-state index is 11.7. The molecule has 1 saturated heterocycles. The Morgan fingerprint density at radius 1 is 1.62 bits per heavy atom. The van der Waals surface area contributed by atoms with Crippen LogP contribution in [0, 0.1) is 12.3 Å². The smallest absolute Gasteiger partial charge is 0.165 e. The molecule has 0 radical (unpaired) electrons. The number of terminal acetylenes is 1. The summed E-state index contributed by atoms with van der Waals surface area (Å²) in [6.45, 7) is 2.59. The summed E-state index contributed by atoms with van der Waals surface area (Å²) in [5.74, 6) is 2.64. The van der Waals surface area contributed by atoms with Gasteiger partial charge < -0.3 is 4.74 Å². The van der Waals surface area contributed by atoms with Crippen LogP contribution in [0.1, 0.15) is 39.0 Å². The topological polar surface area (TPSA) is 26.3 Å². The normalized spacial score (nSPS) is 28.0. The van der Waals surface area contributed by atoms with Gasteiger partial charge in [-0.1, -0.05) is 0 Å². The number of hydrogen-bond donors (Lipinski definition) is 0. The SMILES string of the molecule is C#CCCC(=O)C1(C)CCCCO1. The largest absolute Gasteiger partial charge is 0.368 e. The van der Waals surface area contributed by atoms with Crippen molar-refractivity contribution in [3.8, 4) is 12.3 Å². The molecule has 1 heterocycles. The highest BCUT2D eigenvalue weighted by Crippen LogP contribution is 2.26. The number of Topliss-reactive ketones (excluding diaryl/α,β-unsaturated/α-hetero) is 1. The van der Waals surface area contributed by atoms with E-state index >= 15 is 0 Å². The van der Waals surface area contributed by atoms with Crippen LogP contribution < -0.4 is 0 Å². The standard InChI is InChI=1S/C11H16O2/c1-3-4-7-10(12)11(2)8-5-6-9-13-11/h1H,4-9H2,2H3. The first kappa shape index (κ1) is 10.3. The van der Waals surface area contributed by atoms with Crippen LogP contribution >= 0.6 is 0 Å². The predicted octanol–water partition coefficient (Wildman–Crippen LogP) is 1.93. The summed E-state index contributed by atoms with van der Waals surface area (Å²) >= 11 is 0. The zero-order valence-corrected chi connectivity index (χ0v) is 8.14. The van der Waals surface area contributed by atoms with Gasteiger partial charge in [0.15, 0.2) is 5.78 Å². The van der Waals surface area contributed by atoms with Gasteiger partial charge in [0.25, 0.3) is 0 Å². The summed E-state index contributed by atoms with van der Waals surface area (Å²) in [4.78, 5) is 11.7. The highest BCUT2D eigenvalue weighted by Gasteiger charge is 2.34. The highest BCUT2D eigenvalue weighted by atomic mass is 16.5. The molecule has 0 aromatic heterocycles. The van der Waals surface area contributed by atoms with Crippen LogP contribution in [0.3, 0.4) is 0 Å². The van der Waals surface area contributed by atoms with Crippen molar-refractivity contribution in [2.75, 3.05) is 6.61 Å². The molecule has 0 aliphatic carbocycles. The minimum atomic E-state index is -0.547. The van der Waals surface area contributed by atoms with Crippen LogP contribution in [-0.4, -0.2) is 18.0 Å². The number of hydrogen-bond acceptors (Lipinski definition) is 2. The van der Waals surface area contributed by atoms with Crippen LogP contribution in [-0.2, 0) is 9.53 Å². The number of carbonyl (C=O) groups excluding carboxylic acids is 1. The molecule has 0 bridgehead atoms. The second kappa shape index (κ2) is 4.43.